The fourth-order valence-electron chi connectivity index (χ4n) is 5.39. The second-order valence-corrected chi connectivity index (χ2v) is 11.6. The highest BCUT2D eigenvalue weighted by Gasteiger charge is 2.41. The number of carbonyl (C=O) groups excluding carboxylic acids is 2. The molecule has 0 fully saturated rings. The van der Waals surface area contributed by atoms with E-state index < -0.39 is 15.4 Å². The zero-order valence-electron chi connectivity index (χ0n) is 20.2. The molecule has 2 heterocycles. The van der Waals surface area contributed by atoms with Crippen LogP contribution in [-0.2, 0) is 9.84 Å². The Morgan fingerprint density at radius 3 is 2.49 bits per heavy atom. The number of ketones is 1. The van der Waals surface area contributed by atoms with E-state index in [9.17, 15) is 18.0 Å². The molecule has 0 N–H and O–H groups in total. The molecule has 0 spiro atoms. The van der Waals surface area contributed by atoms with Gasteiger partial charge in [0.05, 0.1) is 16.4 Å². The minimum Gasteiger partial charge on any atom is -0.494 e. The highest BCUT2D eigenvalue weighted by molar-refractivity contribution is 7.91. The summed E-state index contributed by atoms with van der Waals surface area (Å²) in [7, 11) is -3.94. The molecule has 2 aliphatic rings. The molecule has 6 nitrogen and oxygen atoms in total. The average Bonchev–Trinajstić information content (AvgIpc) is 2.82. The maximum atomic E-state index is 13.9. The van der Waals surface area contributed by atoms with Gasteiger partial charge in [-0.05, 0) is 87.2 Å². The number of rotatable bonds is 3. The smallest absolute Gasteiger partial charge is 0.258 e. The van der Waals surface area contributed by atoms with Gasteiger partial charge in [-0.3, -0.25) is 9.59 Å². The van der Waals surface area contributed by atoms with Gasteiger partial charge in [0.1, 0.15) is 5.75 Å². The van der Waals surface area contributed by atoms with Crippen molar-refractivity contribution >= 4 is 27.2 Å². The first-order valence-corrected chi connectivity index (χ1v) is 13.2. The lowest BCUT2D eigenvalue weighted by Crippen LogP contribution is -2.51. The largest absolute Gasteiger partial charge is 0.494 e. The number of hydrogen-bond donors (Lipinski definition) is 0. The highest BCUT2D eigenvalue weighted by atomic mass is 32.2. The van der Waals surface area contributed by atoms with Crippen molar-refractivity contribution in [1.82, 2.24) is 0 Å². The van der Waals surface area contributed by atoms with E-state index in [1.165, 1.54) is 24.3 Å². The zero-order chi connectivity index (χ0) is 25.1. The molecule has 0 aromatic heterocycles. The topological polar surface area (TPSA) is 80.8 Å². The second-order valence-electron chi connectivity index (χ2n) is 9.75. The van der Waals surface area contributed by atoms with Crippen LogP contribution in [0.4, 0.5) is 5.69 Å². The van der Waals surface area contributed by atoms with E-state index in [1.807, 2.05) is 39.0 Å². The van der Waals surface area contributed by atoms with Gasteiger partial charge in [-0.1, -0.05) is 19.1 Å². The molecule has 7 heteroatoms. The summed E-state index contributed by atoms with van der Waals surface area (Å²) in [5, 5.41) is 0. The number of nitrogens with zero attached hydrogens (tertiary/aromatic N) is 1. The van der Waals surface area contributed by atoms with Crippen LogP contribution in [0.3, 0.4) is 0 Å². The Labute approximate surface area is 205 Å². The number of fused-ring (bicyclic) bond motifs is 3. The molecule has 0 saturated heterocycles. The summed E-state index contributed by atoms with van der Waals surface area (Å²) in [5.74, 6) is 0.298. The number of carbonyl (C=O) groups is 2. The van der Waals surface area contributed by atoms with Crippen LogP contribution < -0.4 is 9.64 Å². The molecule has 0 aliphatic carbocycles. The van der Waals surface area contributed by atoms with Crippen LogP contribution in [0, 0.1) is 0 Å². The van der Waals surface area contributed by atoms with Crippen LogP contribution >= 0.6 is 0 Å². The van der Waals surface area contributed by atoms with Crippen LogP contribution in [-0.4, -0.2) is 32.3 Å². The summed E-state index contributed by atoms with van der Waals surface area (Å²) in [6, 6.07) is 16.3. The number of amides is 1. The van der Waals surface area contributed by atoms with Crippen LogP contribution in [0.1, 0.15) is 71.9 Å². The van der Waals surface area contributed by atoms with Crippen molar-refractivity contribution in [2.75, 3.05) is 11.5 Å². The number of sulfone groups is 1. The molecule has 2 aliphatic heterocycles. The first-order valence-electron chi connectivity index (χ1n) is 11.7. The highest BCUT2D eigenvalue weighted by Crippen LogP contribution is 2.45. The predicted molar refractivity (Wildman–Crippen MR) is 133 cm³/mol. The van der Waals surface area contributed by atoms with E-state index in [4.69, 9.17) is 4.74 Å². The van der Waals surface area contributed by atoms with Gasteiger partial charge in [0, 0.05) is 27.9 Å². The van der Waals surface area contributed by atoms with Crippen molar-refractivity contribution in [2.24, 2.45) is 0 Å². The Balaban J connectivity index is 1.62. The molecular weight excluding hydrogens is 462 g/mol. The van der Waals surface area contributed by atoms with Crippen molar-refractivity contribution in [3.05, 3.63) is 82.9 Å². The predicted octanol–water partition coefficient (Wildman–Crippen LogP) is 5.40. The van der Waals surface area contributed by atoms with E-state index >= 15 is 0 Å². The Bertz CT molecular complexity index is 1490. The number of benzene rings is 3. The summed E-state index contributed by atoms with van der Waals surface area (Å²) < 4.78 is 32.4. The number of ether oxygens (including phenoxy) is 1. The van der Waals surface area contributed by atoms with Crippen LogP contribution in [0.25, 0.3) is 0 Å². The first kappa shape index (κ1) is 23.3. The van der Waals surface area contributed by atoms with Crippen molar-refractivity contribution in [3.63, 3.8) is 0 Å². The summed E-state index contributed by atoms with van der Waals surface area (Å²) in [6.07, 6.45) is 0.733. The van der Waals surface area contributed by atoms with Gasteiger partial charge in [-0.15, -0.1) is 0 Å². The zero-order valence-corrected chi connectivity index (χ0v) is 21.0. The number of hydrogen-bond acceptors (Lipinski definition) is 5. The lowest BCUT2D eigenvalue weighted by Gasteiger charge is -2.46. The van der Waals surface area contributed by atoms with Crippen molar-refractivity contribution in [2.45, 2.75) is 55.4 Å². The summed E-state index contributed by atoms with van der Waals surface area (Å²) >= 11 is 0. The third kappa shape index (κ3) is 3.57. The molecule has 35 heavy (non-hydrogen) atoms. The van der Waals surface area contributed by atoms with Crippen LogP contribution in [0.15, 0.2) is 70.5 Å². The normalized spacial score (nSPS) is 19.4. The molecule has 0 radical (unpaired) electrons. The van der Waals surface area contributed by atoms with Crippen molar-refractivity contribution < 1.29 is 22.7 Å². The van der Waals surface area contributed by atoms with Crippen LogP contribution in [0.5, 0.6) is 5.75 Å². The third-order valence-electron chi connectivity index (χ3n) is 6.88. The Hall–Kier alpha value is -3.45. The van der Waals surface area contributed by atoms with Gasteiger partial charge in [-0.25, -0.2) is 8.42 Å². The molecule has 3 aromatic rings. The standard InChI is InChI=1S/C28H27NO5S/c1-5-34-19-11-13-23-22(15-19)17(2)16-28(3,4)29(23)27(31)18-10-12-21-25(14-18)35(32,33)24-9-7-6-8-20(24)26(21)30/h6-15,17H,5,16H2,1-4H3. The SMILES string of the molecule is CCOc1ccc2c(c1)C(C)CC(C)(C)N2C(=O)c1ccc2c(c1)S(=O)(=O)c1ccccc1C2=O. The van der Waals surface area contributed by atoms with E-state index in [-0.39, 0.29) is 44.1 Å². The first-order chi connectivity index (χ1) is 16.6. The monoisotopic (exact) mass is 489 g/mol. The van der Waals surface area contributed by atoms with E-state index in [0.717, 1.165) is 23.4 Å². The maximum Gasteiger partial charge on any atom is 0.258 e. The molecule has 1 unspecified atom stereocenters. The van der Waals surface area contributed by atoms with E-state index in [1.54, 1.807) is 23.1 Å². The Morgan fingerprint density at radius 2 is 1.74 bits per heavy atom. The molecule has 180 valence electrons. The average molecular weight is 490 g/mol. The summed E-state index contributed by atoms with van der Waals surface area (Å²) in [5.41, 5.74) is 1.76. The quantitative estimate of drug-likeness (QED) is 0.385. The van der Waals surface area contributed by atoms with Gasteiger partial charge in [-0.2, -0.15) is 0 Å². The molecule has 0 saturated carbocycles. The fraction of sp³-hybridized carbons (Fsp3) is 0.286. The van der Waals surface area contributed by atoms with Gasteiger partial charge in [0.2, 0.25) is 9.84 Å². The minimum absolute atomic E-state index is 0.0250. The maximum absolute atomic E-state index is 13.9. The molecule has 3 aromatic carbocycles. The molecule has 1 amide bonds. The third-order valence-corrected chi connectivity index (χ3v) is 8.73. The Morgan fingerprint density at radius 1 is 1.03 bits per heavy atom. The van der Waals surface area contributed by atoms with Gasteiger partial charge in [0.15, 0.2) is 5.78 Å². The lowest BCUT2D eigenvalue weighted by atomic mass is 9.79. The summed E-state index contributed by atoms with van der Waals surface area (Å²) in [4.78, 5) is 28.5. The van der Waals surface area contributed by atoms with Gasteiger partial charge in [0.25, 0.3) is 5.91 Å². The van der Waals surface area contributed by atoms with Gasteiger partial charge >= 0.3 is 0 Å². The molecular formula is C28H27NO5S. The lowest BCUT2D eigenvalue weighted by molar-refractivity contribution is 0.0951. The van der Waals surface area contributed by atoms with E-state index in [2.05, 4.69) is 6.92 Å². The molecule has 1 atom stereocenters. The summed E-state index contributed by atoms with van der Waals surface area (Å²) in [6.45, 7) is 8.62. The fourth-order valence-corrected chi connectivity index (χ4v) is 7.07. The van der Waals surface area contributed by atoms with Crippen LogP contribution in [0.2, 0.25) is 0 Å². The van der Waals surface area contributed by atoms with E-state index in [0.29, 0.717) is 6.61 Å². The molecule has 5 rings (SSSR count). The van der Waals surface area contributed by atoms with Gasteiger partial charge < -0.3 is 9.64 Å². The molecule has 0 bridgehead atoms. The van der Waals surface area contributed by atoms with Crippen molar-refractivity contribution in [1.29, 1.82) is 0 Å². The number of anilines is 1. The second kappa shape index (κ2) is 8.05. The Kier molecular flexibility index (Phi) is 5.36. The van der Waals surface area contributed by atoms with Crippen molar-refractivity contribution in [3.8, 4) is 5.75 Å². The minimum atomic E-state index is -3.94.